The number of piperidine rings is 1. The molecule has 0 amide bonds. The Kier molecular flexibility index (Phi) is 3.67. The van der Waals surface area contributed by atoms with Gasteiger partial charge in [-0.2, -0.15) is 0 Å². The number of aliphatic hydroxyl groups is 1. The van der Waals surface area contributed by atoms with Gasteiger partial charge < -0.3 is 5.11 Å². The van der Waals surface area contributed by atoms with Gasteiger partial charge in [0.2, 0.25) is 0 Å². The zero-order valence-corrected chi connectivity index (χ0v) is 11.0. The van der Waals surface area contributed by atoms with E-state index in [2.05, 4.69) is 29.2 Å². The highest BCUT2D eigenvalue weighted by Crippen LogP contribution is 2.34. The Bertz CT molecular complexity index is 396. The van der Waals surface area contributed by atoms with Crippen LogP contribution in [-0.4, -0.2) is 29.2 Å². The van der Waals surface area contributed by atoms with Crippen LogP contribution in [0, 0.1) is 0 Å². The SMILES string of the molecule is OC1CCN(C2CCCCc3ccccc32)CC1. The summed E-state index contributed by atoms with van der Waals surface area (Å²) < 4.78 is 0. The standard InChI is InChI=1S/C16H23NO/c18-14-9-11-17(12-10-14)16-8-4-2-6-13-5-1-3-7-15(13)16/h1,3,5,7,14,16,18H,2,4,6,8-12H2. The van der Waals surface area contributed by atoms with Crippen LogP contribution in [0.5, 0.6) is 0 Å². The monoisotopic (exact) mass is 245 g/mol. The second-order valence-electron chi connectivity index (χ2n) is 5.73. The number of aryl methyl sites for hydroxylation is 1. The quantitative estimate of drug-likeness (QED) is 0.769. The Morgan fingerprint density at radius 2 is 1.78 bits per heavy atom. The summed E-state index contributed by atoms with van der Waals surface area (Å²) in [5, 5.41) is 9.65. The predicted octanol–water partition coefficient (Wildman–Crippen LogP) is 2.91. The topological polar surface area (TPSA) is 23.5 Å². The van der Waals surface area contributed by atoms with Crippen LogP contribution in [-0.2, 0) is 6.42 Å². The molecule has 0 saturated carbocycles. The largest absolute Gasteiger partial charge is 0.393 e. The number of nitrogens with zero attached hydrogens (tertiary/aromatic N) is 1. The van der Waals surface area contributed by atoms with Crippen molar-refractivity contribution in [3.05, 3.63) is 35.4 Å². The van der Waals surface area contributed by atoms with Gasteiger partial charge in [-0.05, 0) is 43.2 Å². The number of likely N-dealkylation sites (tertiary alicyclic amines) is 1. The molecule has 0 radical (unpaired) electrons. The van der Waals surface area contributed by atoms with Crippen LogP contribution < -0.4 is 0 Å². The number of hydrogen-bond acceptors (Lipinski definition) is 2. The first kappa shape index (κ1) is 12.2. The maximum Gasteiger partial charge on any atom is 0.0564 e. The van der Waals surface area contributed by atoms with Crippen molar-refractivity contribution in [1.29, 1.82) is 0 Å². The van der Waals surface area contributed by atoms with E-state index in [1.165, 1.54) is 25.7 Å². The van der Waals surface area contributed by atoms with Crippen LogP contribution in [0.1, 0.15) is 49.3 Å². The molecule has 1 aliphatic carbocycles. The molecule has 1 fully saturated rings. The van der Waals surface area contributed by atoms with Crippen LogP contribution in [0.3, 0.4) is 0 Å². The molecule has 0 spiro atoms. The van der Waals surface area contributed by atoms with Crippen LogP contribution in [0.25, 0.3) is 0 Å². The van der Waals surface area contributed by atoms with E-state index in [4.69, 9.17) is 0 Å². The molecule has 1 aliphatic heterocycles. The zero-order chi connectivity index (χ0) is 12.4. The van der Waals surface area contributed by atoms with Crippen molar-refractivity contribution in [2.75, 3.05) is 13.1 Å². The minimum atomic E-state index is -0.0673. The Morgan fingerprint density at radius 1 is 1.00 bits per heavy atom. The van der Waals surface area contributed by atoms with Crippen LogP contribution in [0.4, 0.5) is 0 Å². The molecule has 98 valence electrons. The van der Waals surface area contributed by atoms with Crippen molar-refractivity contribution in [3.63, 3.8) is 0 Å². The minimum absolute atomic E-state index is 0.0673. The van der Waals surface area contributed by atoms with Crippen LogP contribution >= 0.6 is 0 Å². The summed E-state index contributed by atoms with van der Waals surface area (Å²) in [6, 6.07) is 9.55. The fourth-order valence-electron chi connectivity index (χ4n) is 3.47. The summed E-state index contributed by atoms with van der Waals surface area (Å²) in [6.45, 7) is 2.11. The Hall–Kier alpha value is -0.860. The molecular formula is C16H23NO. The van der Waals surface area contributed by atoms with Gasteiger partial charge in [-0.25, -0.2) is 0 Å². The fraction of sp³-hybridized carbons (Fsp3) is 0.625. The highest BCUT2D eigenvalue weighted by Gasteiger charge is 2.27. The molecule has 0 bridgehead atoms. The maximum atomic E-state index is 9.65. The molecule has 1 heterocycles. The maximum absolute atomic E-state index is 9.65. The Balaban J connectivity index is 1.83. The zero-order valence-electron chi connectivity index (χ0n) is 11.0. The average molecular weight is 245 g/mol. The third-order valence-corrected chi connectivity index (χ3v) is 4.53. The van der Waals surface area contributed by atoms with E-state index in [0.29, 0.717) is 6.04 Å². The summed E-state index contributed by atoms with van der Waals surface area (Å²) >= 11 is 0. The molecule has 1 atom stereocenters. The summed E-state index contributed by atoms with van der Waals surface area (Å²) in [6.07, 6.45) is 7.00. The summed E-state index contributed by atoms with van der Waals surface area (Å²) in [7, 11) is 0. The lowest BCUT2D eigenvalue weighted by Gasteiger charge is -2.36. The molecule has 1 aromatic carbocycles. The van der Waals surface area contributed by atoms with Crippen molar-refractivity contribution in [3.8, 4) is 0 Å². The van der Waals surface area contributed by atoms with Gasteiger partial charge in [0.15, 0.2) is 0 Å². The second kappa shape index (κ2) is 5.41. The van der Waals surface area contributed by atoms with Gasteiger partial charge in [-0.15, -0.1) is 0 Å². The number of hydrogen-bond donors (Lipinski definition) is 1. The van der Waals surface area contributed by atoms with E-state index in [1.807, 2.05) is 0 Å². The summed E-state index contributed by atoms with van der Waals surface area (Å²) in [4.78, 5) is 2.59. The predicted molar refractivity (Wildman–Crippen MR) is 73.6 cm³/mol. The molecule has 3 rings (SSSR count). The normalized spacial score (nSPS) is 26.6. The van der Waals surface area contributed by atoms with E-state index < -0.39 is 0 Å². The van der Waals surface area contributed by atoms with E-state index in [9.17, 15) is 5.11 Å². The molecule has 1 saturated heterocycles. The molecule has 0 aromatic heterocycles. The highest BCUT2D eigenvalue weighted by atomic mass is 16.3. The molecule has 1 unspecified atom stereocenters. The summed E-state index contributed by atoms with van der Waals surface area (Å²) in [5.41, 5.74) is 3.09. The van der Waals surface area contributed by atoms with Gasteiger partial charge >= 0.3 is 0 Å². The fourth-order valence-corrected chi connectivity index (χ4v) is 3.47. The van der Waals surface area contributed by atoms with Gasteiger partial charge in [-0.1, -0.05) is 30.7 Å². The van der Waals surface area contributed by atoms with Crippen LogP contribution in [0.15, 0.2) is 24.3 Å². The Morgan fingerprint density at radius 3 is 2.61 bits per heavy atom. The molecule has 2 heteroatoms. The number of rotatable bonds is 1. The van der Waals surface area contributed by atoms with E-state index in [-0.39, 0.29) is 6.10 Å². The molecule has 1 aromatic rings. The van der Waals surface area contributed by atoms with Gasteiger partial charge in [0.05, 0.1) is 6.10 Å². The lowest BCUT2D eigenvalue weighted by molar-refractivity contribution is 0.0579. The first-order valence-corrected chi connectivity index (χ1v) is 7.34. The lowest BCUT2D eigenvalue weighted by atomic mass is 9.95. The van der Waals surface area contributed by atoms with Crippen molar-refractivity contribution in [2.45, 2.75) is 50.7 Å². The van der Waals surface area contributed by atoms with Gasteiger partial charge in [-0.3, -0.25) is 4.90 Å². The summed E-state index contributed by atoms with van der Waals surface area (Å²) in [5.74, 6) is 0. The number of aliphatic hydroxyl groups excluding tert-OH is 1. The second-order valence-corrected chi connectivity index (χ2v) is 5.73. The average Bonchev–Trinajstić information content (AvgIpc) is 2.62. The van der Waals surface area contributed by atoms with Crippen molar-refractivity contribution < 1.29 is 5.11 Å². The van der Waals surface area contributed by atoms with E-state index >= 15 is 0 Å². The van der Waals surface area contributed by atoms with Gasteiger partial charge in [0, 0.05) is 19.1 Å². The molecule has 1 N–H and O–H groups in total. The number of fused-ring (bicyclic) bond motifs is 1. The van der Waals surface area contributed by atoms with Crippen LogP contribution in [0.2, 0.25) is 0 Å². The first-order valence-electron chi connectivity index (χ1n) is 7.34. The molecule has 2 aliphatic rings. The molecular weight excluding hydrogens is 222 g/mol. The van der Waals surface area contributed by atoms with Gasteiger partial charge in [0.1, 0.15) is 0 Å². The van der Waals surface area contributed by atoms with E-state index in [0.717, 1.165) is 25.9 Å². The van der Waals surface area contributed by atoms with Crippen molar-refractivity contribution in [1.82, 2.24) is 4.90 Å². The third-order valence-electron chi connectivity index (χ3n) is 4.53. The minimum Gasteiger partial charge on any atom is -0.393 e. The van der Waals surface area contributed by atoms with Crippen molar-refractivity contribution >= 4 is 0 Å². The van der Waals surface area contributed by atoms with E-state index in [1.54, 1.807) is 11.1 Å². The number of benzene rings is 1. The highest BCUT2D eigenvalue weighted by molar-refractivity contribution is 5.31. The first-order chi connectivity index (χ1) is 8.84. The molecule has 18 heavy (non-hydrogen) atoms. The third kappa shape index (κ3) is 2.45. The van der Waals surface area contributed by atoms with Gasteiger partial charge in [0.25, 0.3) is 0 Å². The molecule has 2 nitrogen and oxygen atoms in total. The Labute approximate surface area is 110 Å². The van der Waals surface area contributed by atoms with Crippen molar-refractivity contribution in [2.24, 2.45) is 0 Å². The smallest absolute Gasteiger partial charge is 0.0564 e. The lowest BCUT2D eigenvalue weighted by Crippen LogP contribution is -2.38.